The van der Waals surface area contributed by atoms with Gasteiger partial charge in [0.25, 0.3) is 5.91 Å². The van der Waals surface area contributed by atoms with E-state index >= 15 is 0 Å². The zero-order chi connectivity index (χ0) is 23.4. The third-order valence-corrected chi connectivity index (χ3v) is 6.59. The van der Waals surface area contributed by atoms with E-state index in [0.29, 0.717) is 34.5 Å². The molecule has 1 aliphatic heterocycles. The highest BCUT2D eigenvalue weighted by molar-refractivity contribution is 9.10. The number of para-hydroxylation sites is 1. The summed E-state index contributed by atoms with van der Waals surface area (Å²) in [5, 5.41) is 3.95. The molecule has 3 aromatic carbocycles. The molecule has 168 valence electrons. The maximum Gasteiger partial charge on any atom is 0.256 e. The van der Waals surface area contributed by atoms with Gasteiger partial charge < -0.3 is 10.2 Å². The Morgan fingerprint density at radius 3 is 2.33 bits per heavy atom. The van der Waals surface area contributed by atoms with E-state index in [1.807, 2.05) is 71.6 Å². The minimum Gasteiger partial charge on any atom is -0.336 e. The minimum absolute atomic E-state index is 0.00100. The number of hydrogen-bond donors (Lipinski definition) is 1. The third kappa shape index (κ3) is 5.61. The third-order valence-electron chi connectivity index (χ3n) is 5.39. The monoisotopic (exact) mass is 541 g/mol. The molecule has 0 bridgehead atoms. The maximum atomic E-state index is 13.4. The van der Waals surface area contributed by atoms with Crippen molar-refractivity contribution in [3.63, 3.8) is 0 Å². The van der Waals surface area contributed by atoms with Gasteiger partial charge in [-0.1, -0.05) is 57.9 Å². The first-order valence-electron chi connectivity index (χ1n) is 10.4. The van der Waals surface area contributed by atoms with Crippen molar-refractivity contribution in [2.24, 2.45) is 0 Å². The number of carbonyl (C=O) groups is 2. The Hall–Kier alpha value is -2.74. The van der Waals surface area contributed by atoms with E-state index in [9.17, 15) is 9.59 Å². The molecular weight excluding hydrogens is 522 g/mol. The van der Waals surface area contributed by atoms with Crippen LogP contribution < -0.4 is 10.2 Å². The highest BCUT2D eigenvalue weighted by Gasteiger charge is 2.43. The van der Waals surface area contributed by atoms with Crippen LogP contribution in [0.5, 0.6) is 0 Å². The molecule has 1 heterocycles. The topological polar surface area (TPSA) is 52.7 Å². The molecule has 0 saturated carbocycles. The van der Waals surface area contributed by atoms with Crippen molar-refractivity contribution in [3.05, 3.63) is 93.9 Å². The van der Waals surface area contributed by atoms with Gasteiger partial charge in [-0.25, -0.2) is 0 Å². The van der Waals surface area contributed by atoms with Gasteiger partial charge in [-0.2, -0.15) is 0 Å². The van der Waals surface area contributed by atoms with Crippen LogP contribution in [0.1, 0.15) is 12.0 Å². The second-order valence-electron chi connectivity index (χ2n) is 7.64. The van der Waals surface area contributed by atoms with Gasteiger partial charge in [0, 0.05) is 21.7 Å². The summed E-state index contributed by atoms with van der Waals surface area (Å²) in [6.45, 7) is 0.506. The quantitative estimate of drug-likeness (QED) is 0.391. The number of hydrogen-bond acceptors (Lipinski definition) is 3. The Morgan fingerprint density at radius 1 is 1.00 bits per heavy atom. The Labute approximate surface area is 211 Å². The molecule has 8 heteroatoms. The van der Waals surface area contributed by atoms with Crippen LogP contribution in [0.4, 0.5) is 11.4 Å². The summed E-state index contributed by atoms with van der Waals surface area (Å²) in [4.78, 5) is 29.6. The Morgan fingerprint density at radius 2 is 1.67 bits per heavy atom. The molecule has 1 aliphatic rings. The predicted octanol–water partition coefficient (Wildman–Crippen LogP) is 5.68. The van der Waals surface area contributed by atoms with Gasteiger partial charge in [-0.05, 0) is 72.7 Å². The summed E-state index contributed by atoms with van der Waals surface area (Å²) in [6.07, 6.45) is 0.664. The van der Waals surface area contributed by atoms with Gasteiger partial charge >= 0.3 is 0 Å². The summed E-state index contributed by atoms with van der Waals surface area (Å²) >= 11 is 15.1. The van der Waals surface area contributed by atoms with Crippen LogP contribution in [0.2, 0.25) is 5.02 Å². The second kappa shape index (κ2) is 10.5. The fraction of sp³-hybridized carbons (Fsp3) is 0.160. The van der Waals surface area contributed by atoms with Gasteiger partial charge in [0.05, 0.1) is 12.1 Å². The summed E-state index contributed by atoms with van der Waals surface area (Å²) in [5.41, 5.74) is 2.44. The van der Waals surface area contributed by atoms with Crippen LogP contribution in [-0.4, -0.2) is 34.4 Å². The van der Waals surface area contributed by atoms with Crippen molar-refractivity contribution in [1.82, 2.24) is 4.90 Å². The van der Waals surface area contributed by atoms with Crippen molar-refractivity contribution >= 4 is 68.1 Å². The SMILES string of the molecule is O=C(CC1C(=O)N(c2ccccc2)C(=S)N1CCc1ccc(Cl)cc1)Nc1ccc(Br)cc1. The van der Waals surface area contributed by atoms with Crippen LogP contribution >= 0.6 is 39.7 Å². The van der Waals surface area contributed by atoms with Gasteiger partial charge in [0.2, 0.25) is 5.91 Å². The molecule has 3 aromatic rings. The van der Waals surface area contributed by atoms with Crippen LogP contribution in [0, 0.1) is 0 Å². The first-order chi connectivity index (χ1) is 15.9. The molecule has 33 heavy (non-hydrogen) atoms. The number of thiocarbonyl (C=S) groups is 1. The highest BCUT2D eigenvalue weighted by Crippen LogP contribution is 2.28. The number of amides is 2. The molecule has 0 aliphatic carbocycles. The minimum atomic E-state index is -0.680. The van der Waals surface area contributed by atoms with Gasteiger partial charge in [-0.15, -0.1) is 0 Å². The van der Waals surface area contributed by atoms with Crippen molar-refractivity contribution < 1.29 is 9.59 Å². The van der Waals surface area contributed by atoms with Crippen molar-refractivity contribution in [1.29, 1.82) is 0 Å². The molecule has 0 radical (unpaired) electrons. The zero-order valence-corrected chi connectivity index (χ0v) is 20.7. The Kier molecular flexibility index (Phi) is 7.42. The summed E-state index contributed by atoms with van der Waals surface area (Å²) in [6, 6.07) is 23.5. The van der Waals surface area contributed by atoms with Gasteiger partial charge in [0.15, 0.2) is 5.11 Å². The van der Waals surface area contributed by atoms with Crippen molar-refractivity contribution in [2.45, 2.75) is 18.9 Å². The molecule has 0 aromatic heterocycles. The number of nitrogens with zero attached hydrogens (tertiary/aromatic N) is 2. The first-order valence-corrected chi connectivity index (χ1v) is 12.0. The summed E-state index contributed by atoms with van der Waals surface area (Å²) in [5.74, 6) is -0.446. The lowest BCUT2D eigenvalue weighted by atomic mass is 10.1. The molecule has 1 fully saturated rings. The Balaban J connectivity index is 1.54. The summed E-state index contributed by atoms with van der Waals surface area (Å²) in [7, 11) is 0. The average molecular weight is 543 g/mol. The number of rotatable bonds is 7. The van der Waals surface area contributed by atoms with Crippen LogP contribution in [0.3, 0.4) is 0 Å². The molecular formula is C25H21BrClN3O2S. The standard InChI is InChI=1S/C25H21BrClN3O2S/c26-18-8-12-20(13-9-18)28-23(31)16-22-24(32)30(21-4-2-1-3-5-21)25(33)29(22)15-14-17-6-10-19(27)11-7-17/h1-13,22H,14-16H2,(H,28,31). The fourth-order valence-corrected chi connectivity index (χ4v) is 4.53. The van der Waals surface area contributed by atoms with Crippen molar-refractivity contribution in [3.8, 4) is 0 Å². The number of carbonyl (C=O) groups excluding carboxylic acids is 2. The lowest BCUT2D eigenvalue weighted by Gasteiger charge is -2.24. The van der Waals surface area contributed by atoms with Gasteiger partial charge in [0.1, 0.15) is 6.04 Å². The smallest absolute Gasteiger partial charge is 0.256 e. The second-order valence-corrected chi connectivity index (χ2v) is 9.35. The lowest BCUT2D eigenvalue weighted by molar-refractivity contribution is -0.124. The van der Waals surface area contributed by atoms with E-state index in [2.05, 4.69) is 21.2 Å². The van der Waals surface area contributed by atoms with E-state index in [0.717, 1.165) is 10.0 Å². The maximum absolute atomic E-state index is 13.4. The number of anilines is 2. The van der Waals surface area contributed by atoms with E-state index in [-0.39, 0.29) is 18.2 Å². The molecule has 1 atom stereocenters. The lowest BCUT2D eigenvalue weighted by Crippen LogP contribution is -2.39. The first kappa shape index (κ1) is 23.4. The molecule has 5 nitrogen and oxygen atoms in total. The van der Waals surface area contributed by atoms with Crippen molar-refractivity contribution in [2.75, 3.05) is 16.8 Å². The molecule has 2 amide bonds. The highest BCUT2D eigenvalue weighted by atomic mass is 79.9. The molecule has 0 spiro atoms. The van der Waals surface area contributed by atoms with Crippen LogP contribution in [-0.2, 0) is 16.0 Å². The van der Waals surface area contributed by atoms with Crippen LogP contribution in [0.15, 0.2) is 83.3 Å². The average Bonchev–Trinajstić information content (AvgIpc) is 3.04. The molecule has 1 saturated heterocycles. The largest absolute Gasteiger partial charge is 0.336 e. The normalized spacial score (nSPS) is 15.8. The fourth-order valence-electron chi connectivity index (χ4n) is 3.72. The van der Waals surface area contributed by atoms with E-state index in [1.165, 1.54) is 4.90 Å². The number of benzene rings is 3. The molecule has 1 N–H and O–H groups in total. The summed E-state index contributed by atoms with van der Waals surface area (Å²) < 4.78 is 0.920. The Bertz CT molecular complexity index is 1160. The number of nitrogens with one attached hydrogen (secondary N) is 1. The predicted molar refractivity (Wildman–Crippen MR) is 140 cm³/mol. The van der Waals surface area contributed by atoms with E-state index in [4.69, 9.17) is 23.8 Å². The molecule has 1 unspecified atom stereocenters. The van der Waals surface area contributed by atoms with E-state index in [1.54, 1.807) is 12.1 Å². The zero-order valence-electron chi connectivity index (χ0n) is 17.6. The number of halogens is 2. The van der Waals surface area contributed by atoms with E-state index < -0.39 is 6.04 Å². The van der Waals surface area contributed by atoms with Crippen LogP contribution in [0.25, 0.3) is 0 Å². The van der Waals surface area contributed by atoms with Gasteiger partial charge in [-0.3, -0.25) is 14.5 Å². The molecule has 4 rings (SSSR count).